The summed E-state index contributed by atoms with van der Waals surface area (Å²) in [5, 5.41) is 0.743. The number of carbonyl (C=O) groups is 1. The van der Waals surface area contributed by atoms with Gasteiger partial charge < -0.3 is 10.6 Å². The van der Waals surface area contributed by atoms with Crippen LogP contribution in [-0.2, 0) is 4.79 Å². The fourth-order valence-electron chi connectivity index (χ4n) is 3.95. The molecular weight excluding hydrogens is 284 g/mol. The van der Waals surface area contributed by atoms with Crippen LogP contribution in [0.5, 0.6) is 0 Å². The SMILES string of the molecule is NC[C@H]1CCC[C@H]1C(=O)N1CCCC1c1cccc(Cl)c1. The maximum absolute atomic E-state index is 12.9. The predicted molar refractivity (Wildman–Crippen MR) is 85.0 cm³/mol. The van der Waals surface area contributed by atoms with E-state index in [1.807, 2.05) is 18.2 Å². The van der Waals surface area contributed by atoms with Crippen molar-refractivity contribution in [2.45, 2.75) is 38.1 Å². The Balaban J connectivity index is 1.79. The number of amides is 1. The summed E-state index contributed by atoms with van der Waals surface area (Å²) in [6, 6.07) is 8.12. The quantitative estimate of drug-likeness (QED) is 0.930. The molecule has 2 N–H and O–H groups in total. The molecule has 2 aliphatic rings. The maximum atomic E-state index is 12.9. The molecule has 3 atom stereocenters. The van der Waals surface area contributed by atoms with E-state index >= 15 is 0 Å². The number of halogens is 1. The van der Waals surface area contributed by atoms with Gasteiger partial charge >= 0.3 is 0 Å². The van der Waals surface area contributed by atoms with Crippen molar-refractivity contribution in [3.05, 3.63) is 34.9 Å². The van der Waals surface area contributed by atoms with E-state index in [2.05, 4.69) is 11.0 Å². The van der Waals surface area contributed by atoms with E-state index in [9.17, 15) is 4.79 Å². The fourth-order valence-corrected chi connectivity index (χ4v) is 4.15. The smallest absolute Gasteiger partial charge is 0.226 e. The summed E-state index contributed by atoms with van der Waals surface area (Å²) >= 11 is 6.10. The van der Waals surface area contributed by atoms with Crippen LogP contribution in [0.2, 0.25) is 5.02 Å². The highest BCUT2D eigenvalue weighted by Crippen LogP contribution is 2.38. The third-order valence-corrected chi connectivity index (χ3v) is 5.28. The first-order chi connectivity index (χ1) is 10.2. The molecule has 1 aliphatic heterocycles. The van der Waals surface area contributed by atoms with Crippen molar-refractivity contribution >= 4 is 17.5 Å². The van der Waals surface area contributed by atoms with Gasteiger partial charge in [-0.25, -0.2) is 0 Å². The predicted octanol–water partition coefficient (Wildman–Crippen LogP) is 3.38. The summed E-state index contributed by atoms with van der Waals surface area (Å²) in [4.78, 5) is 15.0. The number of nitrogens with zero attached hydrogens (tertiary/aromatic N) is 1. The van der Waals surface area contributed by atoms with E-state index in [1.165, 1.54) is 0 Å². The van der Waals surface area contributed by atoms with Gasteiger partial charge in [0.25, 0.3) is 0 Å². The first kappa shape index (κ1) is 14.9. The molecule has 1 saturated heterocycles. The van der Waals surface area contributed by atoms with Crippen LogP contribution in [0.15, 0.2) is 24.3 Å². The molecule has 1 saturated carbocycles. The molecule has 1 aromatic carbocycles. The van der Waals surface area contributed by atoms with Gasteiger partial charge in [-0.2, -0.15) is 0 Å². The van der Waals surface area contributed by atoms with Crippen LogP contribution in [-0.4, -0.2) is 23.9 Å². The third kappa shape index (κ3) is 2.95. The Bertz CT molecular complexity index is 519. The number of carbonyl (C=O) groups excluding carboxylic acids is 1. The summed E-state index contributed by atoms with van der Waals surface area (Å²) < 4.78 is 0. The van der Waals surface area contributed by atoms with Crippen molar-refractivity contribution < 1.29 is 4.79 Å². The number of nitrogens with two attached hydrogens (primary N) is 1. The second kappa shape index (κ2) is 6.37. The van der Waals surface area contributed by atoms with Gasteiger partial charge in [0.15, 0.2) is 0 Å². The average molecular weight is 307 g/mol. The zero-order valence-electron chi connectivity index (χ0n) is 12.3. The summed E-state index contributed by atoms with van der Waals surface area (Å²) in [7, 11) is 0. The molecule has 1 aromatic rings. The minimum absolute atomic E-state index is 0.134. The Morgan fingerprint density at radius 2 is 2.14 bits per heavy atom. The molecule has 0 radical (unpaired) electrons. The molecule has 2 fully saturated rings. The normalized spacial score (nSPS) is 29.0. The van der Waals surface area contributed by atoms with Crippen molar-refractivity contribution in [3.8, 4) is 0 Å². The second-order valence-electron chi connectivity index (χ2n) is 6.28. The molecule has 1 unspecified atom stereocenters. The first-order valence-corrected chi connectivity index (χ1v) is 8.34. The summed E-state index contributed by atoms with van der Waals surface area (Å²) in [6.07, 6.45) is 5.34. The average Bonchev–Trinajstić information content (AvgIpc) is 3.15. The molecule has 3 nitrogen and oxygen atoms in total. The van der Waals surface area contributed by atoms with Gasteiger partial charge in [-0.1, -0.05) is 30.2 Å². The Hall–Kier alpha value is -1.06. The van der Waals surface area contributed by atoms with Gasteiger partial charge in [0.2, 0.25) is 5.91 Å². The number of rotatable bonds is 3. The van der Waals surface area contributed by atoms with Crippen LogP contribution in [0.1, 0.15) is 43.7 Å². The van der Waals surface area contributed by atoms with Crippen molar-refractivity contribution in [3.63, 3.8) is 0 Å². The summed E-state index contributed by atoms with van der Waals surface area (Å²) in [5.74, 6) is 0.818. The number of hydrogen-bond donors (Lipinski definition) is 1. The standard InChI is InChI=1S/C17H23ClN2O/c18-14-6-1-4-12(10-14)16-8-3-9-20(16)17(21)15-7-2-5-13(15)11-19/h1,4,6,10,13,15-16H,2-3,5,7-9,11,19H2/t13-,15-,16?/m1/s1. The highest BCUT2D eigenvalue weighted by atomic mass is 35.5. The van der Waals surface area contributed by atoms with Gasteiger partial charge in [-0.15, -0.1) is 0 Å². The lowest BCUT2D eigenvalue weighted by atomic mass is 9.94. The summed E-state index contributed by atoms with van der Waals surface area (Å²) in [6.45, 7) is 1.50. The minimum Gasteiger partial charge on any atom is -0.335 e. The first-order valence-electron chi connectivity index (χ1n) is 7.96. The van der Waals surface area contributed by atoms with Gasteiger partial charge in [-0.3, -0.25) is 4.79 Å². The van der Waals surface area contributed by atoms with Crippen LogP contribution < -0.4 is 5.73 Å². The van der Waals surface area contributed by atoms with Crippen LogP contribution in [0, 0.1) is 11.8 Å². The molecule has 21 heavy (non-hydrogen) atoms. The second-order valence-corrected chi connectivity index (χ2v) is 6.71. The Labute approximate surface area is 131 Å². The van der Waals surface area contributed by atoms with E-state index in [-0.39, 0.29) is 12.0 Å². The Morgan fingerprint density at radius 3 is 2.90 bits per heavy atom. The third-order valence-electron chi connectivity index (χ3n) is 5.05. The molecule has 0 spiro atoms. The highest BCUT2D eigenvalue weighted by molar-refractivity contribution is 6.30. The molecule has 1 heterocycles. The molecule has 0 bridgehead atoms. The molecule has 4 heteroatoms. The zero-order chi connectivity index (χ0) is 14.8. The molecule has 114 valence electrons. The van der Waals surface area contributed by atoms with E-state index in [1.54, 1.807) is 0 Å². The summed E-state index contributed by atoms with van der Waals surface area (Å²) in [5.41, 5.74) is 7.00. The van der Waals surface area contributed by atoms with Crippen molar-refractivity contribution in [1.82, 2.24) is 4.90 Å². The lowest BCUT2D eigenvalue weighted by Gasteiger charge is -2.30. The zero-order valence-corrected chi connectivity index (χ0v) is 13.1. The van der Waals surface area contributed by atoms with Crippen molar-refractivity contribution in [2.24, 2.45) is 17.6 Å². The lowest BCUT2D eigenvalue weighted by molar-refractivity contribution is -0.137. The number of likely N-dealkylation sites (tertiary alicyclic amines) is 1. The molecule has 0 aromatic heterocycles. The Morgan fingerprint density at radius 1 is 1.29 bits per heavy atom. The number of benzene rings is 1. The molecule has 1 amide bonds. The van der Waals surface area contributed by atoms with Crippen LogP contribution in [0.3, 0.4) is 0 Å². The van der Waals surface area contributed by atoms with E-state index in [0.29, 0.717) is 18.4 Å². The van der Waals surface area contributed by atoms with Gasteiger partial charge in [0.1, 0.15) is 0 Å². The van der Waals surface area contributed by atoms with Crippen LogP contribution >= 0.6 is 11.6 Å². The van der Waals surface area contributed by atoms with E-state index < -0.39 is 0 Å². The topological polar surface area (TPSA) is 46.3 Å². The maximum Gasteiger partial charge on any atom is 0.226 e. The lowest BCUT2D eigenvalue weighted by Crippen LogP contribution is -2.38. The molecular formula is C17H23ClN2O. The van der Waals surface area contributed by atoms with E-state index in [0.717, 1.165) is 49.2 Å². The van der Waals surface area contributed by atoms with Crippen molar-refractivity contribution in [1.29, 1.82) is 0 Å². The van der Waals surface area contributed by atoms with Gasteiger partial charge in [0, 0.05) is 17.5 Å². The van der Waals surface area contributed by atoms with Gasteiger partial charge in [-0.05, 0) is 55.8 Å². The van der Waals surface area contributed by atoms with Gasteiger partial charge in [0.05, 0.1) is 6.04 Å². The van der Waals surface area contributed by atoms with Crippen LogP contribution in [0.4, 0.5) is 0 Å². The number of hydrogen-bond acceptors (Lipinski definition) is 2. The van der Waals surface area contributed by atoms with Crippen molar-refractivity contribution in [2.75, 3.05) is 13.1 Å². The molecule has 3 rings (SSSR count). The van der Waals surface area contributed by atoms with Crippen LogP contribution in [0.25, 0.3) is 0 Å². The molecule has 1 aliphatic carbocycles. The Kier molecular flexibility index (Phi) is 4.51. The van der Waals surface area contributed by atoms with E-state index in [4.69, 9.17) is 17.3 Å². The fraction of sp³-hybridized carbons (Fsp3) is 0.588. The minimum atomic E-state index is 0.134. The largest absolute Gasteiger partial charge is 0.335 e. The highest BCUT2D eigenvalue weighted by Gasteiger charge is 2.39. The monoisotopic (exact) mass is 306 g/mol.